The van der Waals surface area contributed by atoms with Gasteiger partial charge in [-0.05, 0) is 30.9 Å². The lowest BCUT2D eigenvalue weighted by atomic mass is 9.89. The van der Waals surface area contributed by atoms with Gasteiger partial charge in [0.15, 0.2) is 0 Å². The van der Waals surface area contributed by atoms with Crippen LogP contribution in [0.25, 0.3) is 0 Å². The first-order valence-corrected chi connectivity index (χ1v) is 6.27. The second-order valence-corrected chi connectivity index (χ2v) is 4.68. The zero-order valence-electron chi connectivity index (χ0n) is 9.36. The molecule has 0 radical (unpaired) electrons. The zero-order chi connectivity index (χ0) is 11.4. The highest BCUT2D eigenvalue weighted by atomic mass is 35.5. The summed E-state index contributed by atoms with van der Waals surface area (Å²) in [6.45, 7) is 1.44. The molecule has 1 fully saturated rings. The standard InChI is InChI=1S/C13H18ClNO/c14-12-6-2-1-5-10(12)11(9-15)13-7-3-4-8-16-13/h1-2,5-6,11,13H,3-4,7-9,15H2. The Balaban J connectivity index is 2.18. The van der Waals surface area contributed by atoms with E-state index in [0.717, 1.165) is 30.0 Å². The minimum absolute atomic E-state index is 0.231. The first-order valence-electron chi connectivity index (χ1n) is 5.89. The highest BCUT2D eigenvalue weighted by Crippen LogP contribution is 2.31. The predicted octanol–water partition coefficient (Wildman–Crippen LogP) is 2.95. The van der Waals surface area contributed by atoms with Gasteiger partial charge in [0.25, 0.3) is 0 Å². The van der Waals surface area contributed by atoms with Crippen molar-refractivity contribution >= 4 is 11.6 Å². The third-order valence-electron chi connectivity index (χ3n) is 3.22. The number of hydrogen-bond acceptors (Lipinski definition) is 2. The van der Waals surface area contributed by atoms with Crippen LogP contribution in [0, 0.1) is 0 Å². The monoisotopic (exact) mass is 239 g/mol. The van der Waals surface area contributed by atoms with E-state index in [1.807, 2.05) is 18.2 Å². The van der Waals surface area contributed by atoms with Gasteiger partial charge in [-0.2, -0.15) is 0 Å². The van der Waals surface area contributed by atoms with Gasteiger partial charge in [-0.1, -0.05) is 29.8 Å². The Kier molecular flexibility index (Phi) is 4.22. The average Bonchev–Trinajstić information content (AvgIpc) is 2.34. The summed E-state index contributed by atoms with van der Waals surface area (Å²) in [6, 6.07) is 7.92. The van der Waals surface area contributed by atoms with Crippen LogP contribution in [0.4, 0.5) is 0 Å². The molecule has 2 N–H and O–H groups in total. The maximum atomic E-state index is 6.21. The van der Waals surface area contributed by atoms with Gasteiger partial charge in [-0.25, -0.2) is 0 Å². The molecule has 3 heteroatoms. The van der Waals surface area contributed by atoms with E-state index in [2.05, 4.69) is 6.07 Å². The molecule has 2 atom stereocenters. The minimum atomic E-state index is 0.231. The summed E-state index contributed by atoms with van der Waals surface area (Å²) >= 11 is 6.21. The number of nitrogens with two attached hydrogens (primary N) is 1. The Hall–Kier alpha value is -0.570. The molecule has 1 aliphatic heterocycles. The molecule has 2 unspecified atom stereocenters. The van der Waals surface area contributed by atoms with Gasteiger partial charge >= 0.3 is 0 Å². The zero-order valence-corrected chi connectivity index (χ0v) is 10.1. The topological polar surface area (TPSA) is 35.2 Å². The highest BCUT2D eigenvalue weighted by Gasteiger charge is 2.26. The molecule has 0 aliphatic carbocycles. The van der Waals surface area contributed by atoms with E-state index in [9.17, 15) is 0 Å². The Labute approximate surface area is 102 Å². The maximum absolute atomic E-state index is 6.21. The van der Waals surface area contributed by atoms with Crippen molar-refractivity contribution in [3.63, 3.8) is 0 Å². The smallest absolute Gasteiger partial charge is 0.0656 e. The van der Waals surface area contributed by atoms with Crippen molar-refractivity contribution in [1.82, 2.24) is 0 Å². The Morgan fingerprint density at radius 3 is 2.81 bits per heavy atom. The molecule has 0 bridgehead atoms. The summed E-state index contributed by atoms with van der Waals surface area (Å²) in [7, 11) is 0. The minimum Gasteiger partial charge on any atom is -0.378 e. The summed E-state index contributed by atoms with van der Waals surface area (Å²) in [5.74, 6) is 0.231. The third-order valence-corrected chi connectivity index (χ3v) is 3.57. The average molecular weight is 240 g/mol. The van der Waals surface area contributed by atoms with Crippen molar-refractivity contribution in [3.8, 4) is 0 Å². The normalized spacial score (nSPS) is 23.0. The maximum Gasteiger partial charge on any atom is 0.0656 e. The summed E-state index contributed by atoms with van der Waals surface area (Å²) in [4.78, 5) is 0. The third kappa shape index (κ3) is 2.57. The van der Waals surface area contributed by atoms with Crippen LogP contribution in [0.2, 0.25) is 5.02 Å². The molecular formula is C13H18ClNO. The summed E-state index contributed by atoms with van der Waals surface area (Å²) in [6.07, 6.45) is 3.72. The molecule has 1 aromatic carbocycles. The quantitative estimate of drug-likeness (QED) is 0.880. The van der Waals surface area contributed by atoms with Crippen LogP contribution < -0.4 is 5.73 Å². The fourth-order valence-corrected chi connectivity index (χ4v) is 2.61. The van der Waals surface area contributed by atoms with Crippen LogP contribution in [0.3, 0.4) is 0 Å². The molecule has 0 amide bonds. The van der Waals surface area contributed by atoms with Gasteiger partial charge in [-0.15, -0.1) is 0 Å². The SMILES string of the molecule is NCC(c1ccccc1Cl)C1CCCCO1. The number of rotatable bonds is 3. The van der Waals surface area contributed by atoms with Crippen LogP contribution in [0.15, 0.2) is 24.3 Å². The fraction of sp³-hybridized carbons (Fsp3) is 0.538. The lowest BCUT2D eigenvalue weighted by Gasteiger charge is -2.30. The molecule has 0 saturated carbocycles. The molecule has 1 aliphatic rings. The second kappa shape index (κ2) is 5.67. The van der Waals surface area contributed by atoms with E-state index in [1.54, 1.807) is 0 Å². The van der Waals surface area contributed by atoms with Gasteiger partial charge < -0.3 is 10.5 Å². The Bertz CT molecular complexity index is 336. The highest BCUT2D eigenvalue weighted by molar-refractivity contribution is 6.31. The van der Waals surface area contributed by atoms with E-state index in [0.29, 0.717) is 6.54 Å². The van der Waals surface area contributed by atoms with Crippen LogP contribution in [0.1, 0.15) is 30.7 Å². The van der Waals surface area contributed by atoms with Crippen LogP contribution in [0.5, 0.6) is 0 Å². The molecule has 2 nitrogen and oxygen atoms in total. The molecule has 88 valence electrons. The van der Waals surface area contributed by atoms with E-state index in [4.69, 9.17) is 22.1 Å². The first-order chi connectivity index (χ1) is 7.83. The largest absolute Gasteiger partial charge is 0.378 e. The van der Waals surface area contributed by atoms with E-state index < -0.39 is 0 Å². The lowest BCUT2D eigenvalue weighted by molar-refractivity contribution is 0.000597. The van der Waals surface area contributed by atoms with Crippen molar-refractivity contribution < 1.29 is 4.74 Å². The van der Waals surface area contributed by atoms with Crippen molar-refractivity contribution in [1.29, 1.82) is 0 Å². The van der Waals surface area contributed by atoms with Gasteiger partial charge in [-0.3, -0.25) is 0 Å². The predicted molar refractivity (Wildman–Crippen MR) is 66.8 cm³/mol. The van der Waals surface area contributed by atoms with Crippen LogP contribution in [-0.2, 0) is 4.74 Å². The molecular weight excluding hydrogens is 222 g/mol. The van der Waals surface area contributed by atoms with E-state index in [-0.39, 0.29) is 12.0 Å². The number of halogens is 1. The molecule has 1 heterocycles. The summed E-state index contributed by atoms with van der Waals surface area (Å²) in [5.41, 5.74) is 6.99. The van der Waals surface area contributed by atoms with Crippen molar-refractivity contribution in [2.75, 3.05) is 13.2 Å². The van der Waals surface area contributed by atoms with Crippen molar-refractivity contribution in [3.05, 3.63) is 34.9 Å². The van der Waals surface area contributed by atoms with Gasteiger partial charge in [0.1, 0.15) is 0 Å². The van der Waals surface area contributed by atoms with E-state index >= 15 is 0 Å². The molecule has 0 aromatic heterocycles. The fourth-order valence-electron chi connectivity index (χ4n) is 2.34. The van der Waals surface area contributed by atoms with Gasteiger partial charge in [0, 0.05) is 24.1 Å². The van der Waals surface area contributed by atoms with E-state index in [1.165, 1.54) is 6.42 Å². The van der Waals surface area contributed by atoms with Gasteiger partial charge in [0.05, 0.1) is 6.10 Å². The second-order valence-electron chi connectivity index (χ2n) is 4.27. The van der Waals surface area contributed by atoms with Crippen LogP contribution >= 0.6 is 11.6 Å². The number of hydrogen-bond donors (Lipinski definition) is 1. The molecule has 1 saturated heterocycles. The van der Waals surface area contributed by atoms with Gasteiger partial charge in [0.2, 0.25) is 0 Å². The summed E-state index contributed by atoms with van der Waals surface area (Å²) in [5, 5.41) is 0.798. The molecule has 16 heavy (non-hydrogen) atoms. The van der Waals surface area contributed by atoms with Crippen molar-refractivity contribution in [2.24, 2.45) is 5.73 Å². The number of ether oxygens (including phenoxy) is 1. The van der Waals surface area contributed by atoms with Crippen LogP contribution in [-0.4, -0.2) is 19.3 Å². The Morgan fingerprint density at radius 2 is 2.19 bits per heavy atom. The molecule has 2 rings (SSSR count). The lowest BCUT2D eigenvalue weighted by Crippen LogP contribution is -2.31. The molecule has 0 spiro atoms. The number of benzene rings is 1. The summed E-state index contributed by atoms with van der Waals surface area (Å²) < 4.78 is 5.80. The molecule has 1 aromatic rings. The Morgan fingerprint density at radius 1 is 1.38 bits per heavy atom. The first kappa shape index (κ1) is 11.9. The van der Waals surface area contributed by atoms with Crippen molar-refractivity contribution in [2.45, 2.75) is 31.3 Å².